The van der Waals surface area contributed by atoms with Gasteiger partial charge in [-0.2, -0.15) is 0 Å². The summed E-state index contributed by atoms with van der Waals surface area (Å²) in [5.41, 5.74) is 3.19. The van der Waals surface area contributed by atoms with Crippen LogP contribution in [0.5, 0.6) is 0 Å². The summed E-state index contributed by atoms with van der Waals surface area (Å²) < 4.78 is 1.36. The largest absolute Gasteiger partial charge is 0.299 e. The van der Waals surface area contributed by atoms with Crippen molar-refractivity contribution in [1.82, 2.24) is 0 Å². The van der Waals surface area contributed by atoms with Gasteiger partial charge in [-0.3, -0.25) is 4.79 Å². The number of benzene rings is 1. The first-order valence-electron chi connectivity index (χ1n) is 7.91. The zero-order chi connectivity index (χ0) is 13.9. The second-order valence-corrected chi connectivity index (χ2v) is 8.42. The number of ketones is 1. The van der Waals surface area contributed by atoms with Gasteiger partial charge in [0.15, 0.2) is 0 Å². The summed E-state index contributed by atoms with van der Waals surface area (Å²) in [5, 5.41) is 0. The lowest BCUT2D eigenvalue weighted by atomic mass is 9.55. The van der Waals surface area contributed by atoms with Crippen molar-refractivity contribution in [2.75, 3.05) is 0 Å². The Hall–Kier alpha value is -0.380. The van der Waals surface area contributed by atoms with Gasteiger partial charge in [0.25, 0.3) is 0 Å². The van der Waals surface area contributed by atoms with Crippen molar-refractivity contribution < 1.29 is 4.79 Å². The summed E-state index contributed by atoms with van der Waals surface area (Å²) in [4.78, 5) is 12.3. The fourth-order valence-corrected chi connectivity index (χ4v) is 5.88. The number of Topliss-reactive ketones (excluding diaryl/α,β-unsaturated/α-hetero) is 1. The predicted octanol–water partition coefficient (Wildman–Crippen LogP) is 4.72. The molecular formula is C18H21IO. The summed E-state index contributed by atoms with van der Waals surface area (Å²) in [5.74, 6) is 2.68. The van der Waals surface area contributed by atoms with Crippen LogP contribution in [0.4, 0.5) is 0 Å². The molecule has 0 heterocycles. The van der Waals surface area contributed by atoms with Crippen LogP contribution in [0, 0.1) is 20.8 Å². The molecule has 0 amide bonds. The van der Waals surface area contributed by atoms with E-state index in [0.717, 1.165) is 31.1 Å². The van der Waals surface area contributed by atoms with Crippen molar-refractivity contribution in [2.24, 2.45) is 17.3 Å². The van der Waals surface area contributed by atoms with Crippen LogP contribution < -0.4 is 0 Å². The Labute approximate surface area is 134 Å². The van der Waals surface area contributed by atoms with E-state index in [4.69, 9.17) is 0 Å². The first kappa shape index (κ1) is 13.3. The van der Waals surface area contributed by atoms with Crippen molar-refractivity contribution in [2.45, 2.75) is 51.4 Å². The molecule has 106 valence electrons. The van der Waals surface area contributed by atoms with E-state index >= 15 is 0 Å². The number of hydrogen-bond acceptors (Lipinski definition) is 1. The minimum absolute atomic E-state index is 0.0157. The van der Waals surface area contributed by atoms with Crippen molar-refractivity contribution in [3.05, 3.63) is 32.9 Å². The van der Waals surface area contributed by atoms with Crippen LogP contribution in [-0.2, 0) is 11.2 Å². The topological polar surface area (TPSA) is 17.1 Å². The Kier molecular flexibility index (Phi) is 3.03. The Morgan fingerprint density at radius 3 is 2.90 bits per heavy atom. The fourth-order valence-electron chi connectivity index (χ4n) is 5.32. The standard InChI is InChI=1S/C18H21IO/c1-18-9-8-14-13-5-3-12(19)10-11(13)2-4-15(14)16(18)6-7-17(18)20/h3,5,10,14-16H,2,4,6-9H2,1H3/t14-,15-,16+,18+/m1/s1. The monoisotopic (exact) mass is 380 g/mol. The Bertz CT molecular complexity index is 579. The van der Waals surface area contributed by atoms with E-state index in [1.807, 2.05) is 0 Å². The van der Waals surface area contributed by atoms with Gasteiger partial charge in [0.05, 0.1) is 0 Å². The maximum Gasteiger partial charge on any atom is 0.139 e. The molecule has 0 N–H and O–H groups in total. The average molecular weight is 380 g/mol. The quantitative estimate of drug-likeness (QED) is 0.596. The van der Waals surface area contributed by atoms with Gasteiger partial charge in [0.1, 0.15) is 5.78 Å². The van der Waals surface area contributed by atoms with Crippen LogP contribution in [0.25, 0.3) is 0 Å². The smallest absolute Gasteiger partial charge is 0.139 e. The summed E-state index contributed by atoms with van der Waals surface area (Å²) >= 11 is 2.42. The maximum absolute atomic E-state index is 12.3. The zero-order valence-electron chi connectivity index (χ0n) is 12.0. The van der Waals surface area contributed by atoms with E-state index in [2.05, 4.69) is 47.7 Å². The van der Waals surface area contributed by atoms with Crippen LogP contribution >= 0.6 is 22.6 Å². The molecule has 20 heavy (non-hydrogen) atoms. The van der Waals surface area contributed by atoms with Crippen LogP contribution in [0.15, 0.2) is 18.2 Å². The van der Waals surface area contributed by atoms with Crippen molar-refractivity contribution in [3.63, 3.8) is 0 Å². The molecule has 0 bridgehead atoms. The molecule has 0 aromatic heterocycles. The SMILES string of the molecule is C[C@]12CC[C@@H]3c4ccc(I)cc4CC[C@H]3[C@@H]1CCC2=O. The van der Waals surface area contributed by atoms with Crippen LogP contribution in [0.2, 0.25) is 0 Å². The van der Waals surface area contributed by atoms with Gasteiger partial charge < -0.3 is 0 Å². The number of rotatable bonds is 0. The van der Waals surface area contributed by atoms with E-state index < -0.39 is 0 Å². The molecule has 0 saturated heterocycles. The molecule has 1 nitrogen and oxygen atoms in total. The number of hydrogen-bond donors (Lipinski definition) is 0. The van der Waals surface area contributed by atoms with Gasteiger partial charge in [0.2, 0.25) is 0 Å². The Morgan fingerprint density at radius 2 is 2.05 bits per heavy atom. The second kappa shape index (κ2) is 4.56. The third-order valence-electron chi connectivity index (χ3n) is 6.40. The summed E-state index contributed by atoms with van der Waals surface area (Å²) in [7, 11) is 0. The highest BCUT2D eigenvalue weighted by Gasteiger charge is 2.54. The van der Waals surface area contributed by atoms with E-state index in [9.17, 15) is 4.79 Å². The van der Waals surface area contributed by atoms with E-state index in [1.165, 1.54) is 22.8 Å². The lowest BCUT2D eigenvalue weighted by molar-refractivity contribution is -0.129. The Balaban J connectivity index is 1.73. The molecule has 3 aliphatic carbocycles. The highest BCUT2D eigenvalue weighted by Crippen LogP contribution is 2.59. The fraction of sp³-hybridized carbons (Fsp3) is 0.611. The van der Waals surface area contributed by atoms with E-state index in [0.29, 0.717) is 11.7 Å². The molecule has 4 atom stereocenters. The molecule has 2 fully saturated rings. The number of fused-ring (bicyclic) bond motifs is 5. The molecule has 0 spiro atoms. The van der Waals surface area contributed by atoms with Crippen molar-refractivity contribution >= 4 is 28.4 Å². The minimum Gasteiger partial charge on any atom is -0.299 e. The van der Waals surface area contributed by atoms with Gasteiger partial charge >= 0.3 is 0 Å². The zero-order valence-corrected chi connectivity index (χ0v) is 14.2. The summed E-state index contributed by atoms with van der Waals surface area (Å²) in [6.45, 7) is 2.26. The molecule has 3 aliphatic rings. The molecule has 1 aromatic carbocycles. The molecule has 0 aliphatic heterocycles. The second-order valence-electron chi connectivity index (χ2n) is 7.18. The van der Waals surface area contributed by atoms with E-state index in [1.54, 1.807) is 11.1 Å². The average Bonchev–Trinajstić information content (AvgIpc) is 2.74. The third kappa shape index (κ3) is 1.76. The van der Waals surface area contributed by atoms with Crippen LogP contribution in [0.1, 0.15) is 56.1 Å². The van der Waals surface area contributed by atoms with Gasteiger partial charge in [-0.15, -0.1) is 0 Å². The molecule has 1 aromatic rings. The van der Waals surface area contributed by atoms with Gasteiger partial charge in [0, 0.05) is 15.4 Å². The number of carbonyl (C=O) groups is 1. The van der Waals surface area contributed by atoms with Gasteiger partial charge in [-0.1, -0.05) is 13.0 Å². The first-order valence-corrected chi connectivity index (χ1v) is 8.99. The number of aryl methyl sites for hydroxylation is 1. The predicted molar refractivity (Wildman–Crippen MR) is 88.8 cm³/mol. The highest BCUT2D eigenvalue weighted by atomic mass is 127. The van der Waals surface area contributed by atoms with Gasteiger partial charge in [-0.05, 0) is 95.7 Å². The maximum atomic E-state index is 12.3. The lowest BCUT2D eigenvalue weighted by Gasteiger charge is -2.48. The van der Waals surface area contributed by atoms with Gasteiger partial charge in [-0.25, -0.2) is 0 Å². The molecule has 0 radical (unpaired) electrons. The van der Waals surface area contributed by atoms with Crippen molar-refractivity contribution in [3.8, 4) is 0 Å². The van der Waals surface area contributed by atoms with Crippen molar-refractivity contribution in [1.29, 1.82) is 0 Å². The Morgan fingerprint density at radius 1 is 1.20 bits per heavy atom. The normalized spacial score (nSPS) is 39.1. The molecule has 4 rings (SSSR count). The van der Waals surface area contributed by atoms with E-state index in [-0.39, 0.29) is 5.41 Å². The summed E-state index contributed by atoms with van der Waals surface area (Å²) in [6.07, 6.45) is 6.83. The highest BCUT2D eigenvalue weighted by molar-refractivity contribution is 14.1. The molecule has 2 heteroatoms. The van der Waals surface area contributed by atoms with Crippen LogP contribution in [0.3, 0.4) is 0 Å². The molecular weight excluding hydrogens is 359 g/mol. The summed E-state index contributed by atoms with van der Waals surface area (Å²) in [6, 6.07) is 7.00. The number of carbonyl (C=O) groups excluding carboxylic acids is 1. The molecule has 0 unspecified atom stereocenters. The van der Waals surface area contributed by atoms with Crippen LogP contribution in [-0.4, -0.2) is 5.78 Å². The number of halogens is 1. The minimum atomic E-state index is 0.0157. The first-order chi connectivity index (χ1) is 9.59. The molecule has 2 saturated carbocycles. The third-order valence-corrected chi connectivity index (χ3v) is 7.07. The lowest BCUT2D eigenvalue weighted by Crippen LogP contribution is -2.42.